The Balaban J connectivity index is 1.97. The lowest BCUT2D eigenvalue weighted by molar-refractivity contribution is 0.0577. The highest BCUT2D eigenvalue weighted by Crippen LogP contribution is 2.51. The number of piperidine rings is 1. The second-order valence-corrected chi connectivity index (χ2v) is 5.94. The van der Waals surface area contributed by atoms with Crippen LogP contribution in [0.4, 0.5) is 0 Å². The van der Waals surface area contributed by atoms with Crippen molar-refractivity contribution in [1.29, 1.82) is 0 Å². The Kier molecular flexibility index (Phi) is 3.46. The van der Waals surface area contributed by atoms with E-state index in [1.807, 2.05) is 6.08 Å². The first-order chi connectivity index (χ1) is 9.25. The van der Waals surface area contributed by atoms with Gasteiger partial charge in [-0.1, -0.05) is 29.8 Å². The predicted molar refractivity (Wildman–Crippen MR) is 78.5 cm³/mol. The van der Waals surface area contributed by atoms with Crippen molar-refractivity contribution in [3.8, 4) is 0 Å². The normalized spacial score (nSPS) is 24.4. The number of aryl methyl sites for hydroxylation is 1. The van der Waals surface area contributed by atoms with Crippen LogP contribution in [0, 0.1) is 6.92 Å². The molecule has 1 atom stereocenters. The largest absolute Gasteiger partial charge is 0.369 e. The van der Waals surface area contributed by atoms with Crippen LogP contribution in [-0.2, 0) is 10.2 Å². The van der Waals surface area contributed by atoms with Crippen LogP contribution in [0.5, 0.6) is 0 Å². The Morgan fingerprint density at radius 3 is 2.95 bits per heavy atom. The summed E-state index contributed by atoms with van der Waals surface area (Å²) in [5.41, 5.74) is 4.66. The molecule has 2 heteroatoms. The molecule has 1 aromatic rings. The number of benzene rings is 1. The zero-order valence-electron chi connectivity index (χ0n) is 11.7. The van der Waals surface area contributed by atoms with Gasteiger partial charge in [-0.2, -0.15) is 0 Å². The second kappa shape index (κ2) is 5.10. The maximum atomic E-state index is 6.01. The van der Waals surface area contributed by atoms with Gasteiger partial charge in [0.15, 0.2) is 0 Å². The number of hydrogen-bond donors (Lipinski definition) is 1. The van der Waals surface area contributed by atoms with Gasteiger partial charge in [0.1, 0.15) is 0 Å². The van der Waals surface area contributed by atoms with Crippen molar-refractivity contribution >= 4 is 0 Å². The van der Waals surface area contributed by atoms with E-state index in [0.29, 0.717) is 12.0 Å². The van der Waals surface area contributed by atoms with Gasteiger partial charge in [-0.25, -0.2) is 0 Å². The molecule has 0 unspecified atom stereocenters. The maximum absolute atomic E-state index is 6.01. The molecular weight excluding hydrogens is 234 g/mol. The molecule has 1 aromatic carbocycles. The van der Waals surface area contributed by atoms with E-state index in [1.54, 1.807) is 5.56 Å². The standard InChI is InChI=1S/C17H23NO/c1-3-10-19-16-12-17(6-8-18-9-7-17)15-11-13(2)4-5-14(15)16/h3-5,11,16,18H,1,6-10,12H2,2H3/t16-/m0/s1. The molecule has 0 radical (unpaired) electrons. The first-order valence-electron chi connectivity index (χ1n) is 7.29. The molecule has 1 saturated heterocycles. The van der Waals surface area contributed by atoms with Crippen molar-refractivity contribution in [2.24, 2.45) is 0 Å². The molecule has 3 rings (SSSR count). The van der Waals surface area contributed by atoms with Gasteiger partial charge in [-0.3, -0.25) is 0 Å². The second-order valence-electron chi connectivity index (χ2n) is 5.94. The van der Waals surface area contributed by atoms with Gasteiger partial charge in [0, 0.05) is 5.41 Å². The lowest BCUT2D eigenvalue weighted by atomic mass is 9.74. The minimum absolute atomic E-state index is 0.256. The average Bonchev–Trinajstić information content (AvgIpc) is 2.71. The van der Waals surface area contributed by atoms with E-state index in [0.717, 1.165) is 19.5 Å². The summed E-state index contributed by atoms with van der Waals surface area (Å²) in [7, 11) is 0. The zero-order valence-corrected chi connectivity index (χ0v) is 11.7. The summed E-state index contributed by atoms with van der Waals surface area (Å²) in [5.74, 6) is 0. The first kappa shape index (κ1) is 12.9. The van der Waals surface area contributed by atoms with Crippen LogP contribution in [0.1, 0.15) is 42.1 Å². The number of ether oxygens (including phenoxy) is 1. The summed E-state index contributed by atoms with van der Waals surface area (Å²) in [5, 5.41) is 3.48. The summed E-state index contributed by atoms with van der Waals surface area (Å²) < 4.78 is 6.01. The molecule has 19 heavy (non-hydrogen) atoms. The van der Waals surface area contributed by atoms with E-state index in [-0.39, 0.29) is 6.10 Å². The van der Waals surface area contributed by atoms with Crippen LogP contribution in [0.3, 0.4) is 0 Å². The molecule has 0 bridgehead atoms. The summed E-state index contributed by atoms with van der Waals surface area (Å²) in [6.07, 6.45) is 5.71. The van der Waals surface area contributed by atoms with Gasteiger partial charge in [-0.15, -0.1) is 6.58 Å². The molecule has 1 N–H and O–H groups in total. The Hall–Kier alpha value is -1.12. The molecule has 1 aliphatic heterocycles. The topological polar surface area (TPSA) is 21.3 Å². The van der Waals surface area contributed by atoms with E-state index < -0.39 is 0 Å². The van der Waals surface area contributed by atoms with E-state index in [9.17, 15) is 0 Å². The predicted octanol–water partition coefficient (Wildman–Crippen LogP) is 3.26. The Morgan fingerprint density at radius 1 is 1.42 bits per heavy atom. The van der Waals surface area contributed by atoms with Crippen LogP contribution >= 0.6 is 0 Å². The number of nitrogens with one attached hydrogen (secondary N) is 1. The van der Waals surface area contributed by atoms with Crippen molar-refractivity contribution < 1.29 is 4.74 Å². The minimum atomic E-state index is 0.256. The lowest BCUT2D eigenvalue weighted by Gasteiger charge is -2.35. The fourth-order valence-electron chi connectivity index (χ4n) is 3.70. The van der Waals surface area contributed by atoms with Gasteiger partial charge >= 0.3 is 0 Å². The lowest BCUT2D eigenvalue weighted by Crippen LogP contribution is -2.38. The molecule has 1 spiro atoms. The Bertz CT molecular complexity index is 474. The van der Waals surface area contributed by atoms with Crippen LogP contribution in [-0.4, -0.2) is 19.7 Å². The Morgan fingerprint density at radius 2 is 2.21 bits per heavy atom. The summed E-state index contributed by atoms with van der Waals surface area (Å²) >= 11 is 0. The highest BCUT2D eigenvalue weighted by atomic mass is 16.5. The molecule has 2 nitrogen and oxygen atoms in total. The zero-order chi connectivity index (χ0) is 13.3. The molecule has 1 heterocycles. The quantitative estimate of drug-likeness (QED) is 0.839. The number of fused-ring (bicyclic) bond motifs is 2. The monoisotopic (exact) mass is 257 g/mol. The molecular formula is C17H23NO. The average molecular weight is 257 g/mol. The van der Waals surface area contributed by atoms with E-state index in [4.69, 9.17) is 4.74 Å². The van der Waals surface area contributed by atoms with E-state index in [1.165, 1.54) is 24.0 Å². The third-order valence-electron chi connectivity index (χ3n) is 4.68. The fourth-order valence-corrected chi connectivity index (χ4v) is 3.70. The number of hydrogen-bond acceptors (Lipinski definition) is 2. The summed E-state index contributed by atoms with van der Waals surface area (Å²) in [4.78, 5) is 0. The van der Waals surface area contributed by atoms with Crippen LogP contribution in [0.25, 0.3) is 0 Å². The fraction of sp³-hybridized carbons (Fsp3) is 0.529. The van der Waals surface area contributed by atoms with Crippen molar-refractivity contribution in [1.82, 2.24) is 5.32 Å². The van der Waals surface area contributed by atoms with E-state index in [2.05, 4.69) is 37.0 Å². The van der Waals surface area contributed by atoms with Gasteiger partial charge in [-0.05, 0) is 50.4 Å². The minimum Gasteiger partial charge on any atom is -0.369 e. The van der Waals surface area contributed by atoms with Crippen molar-refractivity contribution in [2.45, 2.75) is 37.7 Å². The molecule has 0 amide bonds. The highest BCUT2D eigenvalue weighted by Gasteiger charge is 2.44. The molecule has 1 fully saturated rings. The van der Waals surface area contributed by atoms with Gasteiger partial charge in [0.05, 0.1) is 12.7 Å². The smallest absolute Gasteiger partial charge is 0.0840 e. The molecule has 0 aromatic heterocycles. The van der Waals surface area contributed by atoms with Crippen LogP contribution in [0.15, 0.2) is 30.9 Å². The Labute approximate surface area is 115 Å². The molecule has 1 aliphatic carbocycles. The van der Waals surface area contributed by atoms with Gasteiger partial charge in [0.25, 0.3) is 0 Å². The number of rotatable bonds is 3. The maximum Gasteiger partial charge on any atom is 0.0840 e. The SMILES string of the molecule is C=CCO[C@H]1CC2(CCNCC2)c2cc(C)ccc21. The third-order valence-corrected chi connectivity index (χ3v) is 4.68. The highest BCUT2D eigenvalue weighted by molar-refractivity contribution is 5.44. The van der Waals surface area contributed by atoms with Gasteiger partial charge < -0.3 is 10.1 Å². The van der Waals surface area contributed by atoms with Crippen LogP contribution in [0.2, 0.25) is 0 Å². The molecule has 102 valence electrons. The third kappa shape index (κ3) is 2.24. The van der Waals surface area contributed by atoms with Gasteiger partial charge in [0.2, 0.25) is 0 Å². The van der Waals surface area contributed by atoms with Crippen molar-refractivity contribution in [2.75, 3.05) is 19.7 Å². The summed E-state index contributed by atoms with van der Waals surface area (Å²) in [6, 6.07) is 6.87. The van der Waals surface area contributed by atoms with E-state index >= 15 is 0 Å². The van der Waals surface area contributed by atoms with Crippen LogP contribution < -0.4 is 5.32 Å². The van der Waals surface area contributed by atoms with Crippen molar-refractivity contribution in [3.05, 3.63) is 47.5 Å². The molecule has 0 saturated carbocycles. The molecule has 2 aliphatic rings. The van der Waals surface area contributed by atoms with Crippen molar-refractivity contribution in [3.63, 3.8) is 0 Å². The summed E-state index contributed by atoms with van der Waals surface area (Å²) in [6.45, 7) is 8.85. The first-order valence-corrected chi connectivity index (χ1v) is 7.29.